The normalized spacial score (nSPS) is 11.7. The van der Waals surface area contributed by atoms with Crippen LogP contribution < -0.4 is 15.2 Å². The lowest BCUT2D eigenvalue weighted by atomic mass is 10.1. The van der Waals surface area contributed by atoms with Gasteiger partial charge in [0.15, 0.2) is 0 Å². The number of nitrogens with zero attached hydrogens (tertiary/aromatic N) is 2. The second-order valence-electron chi connectivity index (χ2n) is 5.69. The van der Waals surface area contributed by atoms with Crippen molar-refractivity contribution in [2.24, 2.45) is 5.73 Å². The maximum absolute atomic E-state index is 14.8. The van der Waals surface area contributed by atoms with Crippen molar-refractivity contribution in [2.45, 2.75) is 12.5 Å². The largest absolute Gasteiger partial charge is 0.480 e. The molecule has 0 unspecified atom stereocenters. The van der Waals surface area contributed by atoms with E-state index in [4.69, 9.17) is 31.9 Å². The van der Waals surface area contributed by atoms with Crippen LogP contribution in [0.15, 0.2) is 54.9 Å². The predicted octanol–water partition coefficient (Wildman–Crippen LogP) is 3.81. The van der Waals surface area contributed by atoms with E-state index in [-0.39, 0.29) is 34.7 Å². The zero-order chi connectivity index (χ0) is 20.1. The van der Waals surface area contributed by atoms with Gasteiger partial charge in [0.25, 0.3) is 11.8 Å². The molecule has 9 heteroatoms. The molecule has 1 atom stereocenters. The summed E-state index contributed by atoms with van der Waals surface area (Å²) in [6, 6.07) is 12.0. The first-order valence-electron chi connectivity index (χ1n) is 8.12. The first-order chi connectivity index (χ1) is 13.5. The van der Waals surface area contributed by atoms with Gasteiger partial charge in [0.2, 0.25) is 5.82 Å². The number of halogens is 2. The third-order valence-electron chi connectivity index (χ3n) is 3.71. The van der Waals surface area contributed by atoms with Crippen LogP contribution in [-0.4, -0.2) is 27.1 Å². The average Bonchev–Trinajstić information content (AvgIpc) is 2.68. The second-order valence-corrected chi connectivity index (χ2v) is 6.10. The summed E-state index contributed by atoms with van der Waals surface area (Å²) in [6.45, 7) is 0. The van der Waals surface area contributed by atoms with Crippen molar-refractivity contribution in [3.05, 3.63) is 71.3 Å². The molecule has 2 aromatic carbocycles. The van der Waals surface area contributed by atoms with Crippen LogP contribution in [0.3, 0.4) is 0 Å². The van der Waals surface area contributed by atoms with Gasteiger partial charge in [-0.3, -0.25) is 4.79 Å². The third kappa shape index (κ3) is 4.54. The van der Waals surface area contributed by atoms with Crippen LogP contribution >= 0.6 is 11.6 Å². The minimum Gasteiger partial charge on any atom is -0.480 e. The fourth-order valence-corrected chi connectivity index (χ4v) is 2.49. The van der Waals surface area contributed by atoms with Gasteiger partial charge in [-0.25, -0.2) is 0 Å². The standard InChI is InChI=1S/C19H15ClFN3O4/c20-12-6-2-4-8-15(12)28-18-16(21)17(23-10-24-18)27-14-7-3-1-5-11(14)9-13(22)19(25)26/h1-8,10,13H,9,22H2,(H,25,26)/t13-/m0/s1. The third-order valence-corrected chi connectivity index (χ3v) is 4.02. The van der Waals surface area contributed by atoms with Crippen LogP contribution in [0.25, 0.3) is 0 Å². The van der Waals surface area contributed by atoms with Crippen molar-refractivity contribution in [1.82, 2.24) is 9.97 Å². The molecule has 1 heterocycles. The summed E-state index contributed by atoms with van der Waals surface area (Å²) in [5, 5.41) is 9.28. The van der Waals surface area contributed by atoms with Crippen molar-refractivity contribution < 1.29 is 23.8 Å². The lowest BCUT2D eigenvalue weighted by Crippen LogP contribution is -2.32. The van der Waals surface area contributed by atoms with Gasteiger partial charge in [-0.1, -0.05) is 41.9 Å². The first kappa shape index (κ1) is 19.5. The molecule has 0 bridgehead atoms. The van der Waals surface area contributed by atoms with Gasteiger partial charge in [0.05, 0.1) is 5.02 Å². The summed E-state index contributed by atoms with van der Waals surface area (Å²) < 4.78 is 25.7. The number of ether oxygens (including phenoxy) is 2. The SMILES string of the molecule is N[C@@H](Cc1ccccc1Oc1ncnc(Oc2ccccc2Cl)c1F)C(=O)O. The number of carbonyl (C=O) groups is 1. The molecule has 1 aromatic heterocycles. The molecule has 0 spiro atoms. The van der Waals surface area contributed by atoms with Crippen LogP contribution in [0.5, 0.6) is 23.3 Å². The van der Waals surface area contributed by atoms with E-state index in [1.165, 1.54) is 0 Å². The molecule has 7 nitrogen and oxygen atoms in total. The predicted molar refractivity (Wildman–Crippen MR) is 99.3 cm³/mol. The highest BCUT2D eigenvalue weighted by Crippen LogP contribution is 2.33. The van der Waals surface area contributed by atoms with E-state index in [9.17, 15) is 9.18 Å². The molecule has 0 saturated carbocycles. The number of rotatable bonds is 7. The molecule has 0 fully saturated rings. The van der Waals surface area contributed by atoms with E-state index in [1.54, 1.807) is 48.5 Å². The van der Waals surface area contributed by atoms with Crippen molar-refractivity contribution >= 4 is 17.6 Å². The Morgan fingerprint density at radius 2 is 1.64 bits per heavy atom. The summed E-state index contributed by atoms with van der Waals surface area (Å²) in [4.78, 5) is 18.6. The number of aromatic nitrogens is 2. The maximum Gasteiger partial charge on any atom is 0.320 e. The fraction of sp³-hybridized carbons (Fsp3) is 0.105. The lowest BCUT2D eigenvalue weighted by molar-refractivity contribution is -0.138. The van der Waals surface area contributed by atoms with Gasteiger partial charge in [-0.05, 0) is 23.8 Å². The highest BCUT2D eigenvalue weighted by Gasteiger charge is 2.19. The minimum atomic E-state index is -1.15. The molecule has 0 saturated heterocycles. The molecule has 0 amide bonds. The summed E-state index contributed by atoms with van der Waals surface area (Å²) in [5.74, 6) is -2.38. The van der Waals surface area contributed by atoms with E-state index >= 15 is 0 Å². The van der Waals surface area contributed by atoms with Gasteiger partial charge in [-0.15, -0.1) is 0 Å². The number of aliphatic carboxylic acids is 1. The summed E-state index contributed by atoms with van der Waals surface area (Å²) >= 11 is 6.01. The number of carboxylic acids is 1. The highest BCUT2D eigenvalue weighted by atomic mass is 35.5. The molecule has 3 N–H and O–H groups in total. The Bertz CT molecular complexity index is 1000. The smallest absolute Gasteiger partial charge is 0.320 e. The number of hydrogen-bond donors (Lipinski definition) is 2. The number of hydrogen-bond acceptors (Lipinski definition) is 6. The van der Waals surface area contributed by atoms with Gasteiger partial charge in [0.1, 0.15) is 23.9 Å². The van der Waals surface area contributed by atoms with Crippen LogP contribution in [0, 0.1) is 5.82 Å². The summed E-state index contributed by atoms with van der Waals surface area (Å²) in [7, 11) is 0. The van der Waals surface area contributed by atoms with Crippen molar-refractivity contribution in [3.8, 4) is 23.3 Å². The Morgan fingerprint density at radius 1 is 1.07 bits per heavy atom. The van der Waals surface area contributed by atoms with Crippen LogP contribution in [-0.2, 0) is 11.2 Å². The highest BCUT2D eigenvalue weighted by molar-refractivity contribution is 6.32. The molecule has 3 rings (SSSR count). The summed E-state index contributed by atoms with van der Waals surface area (Å²) in [6.07, 6.45) is 1.08. The van der Waals surface area contributed by atoms with E-state index < -0.39 is 17.8 Å². The Labute approximate surface area is 164 Å². The lowest BCUT2D eigenvalue weighted by Gasteiger charge is -2.13. The fourth-order valence-electron chi connectivity index (χ4n) is 2.31. The Kier molecular flexibility index (Phi) is 6.03. The Morgan fingerprint density at radius 3 is 2.29 bits per heavy atom. The number of para-hydroxylation sites is 2. The van der Waals surface area contributed by atoms with Gasteiger partial charge < -0.3 is 20.3 Å². The minimum absolute atomic E-state index is 0.00118. The van der Waals surface area contributed by atoms with Gasteiger partial charge in [-0.2, -0.15) is 14.4 Å². The van der Waals surface area contributed by atoms with E-state index in [0.29, 0.717) is 5.56 Å². The quantitative estimate of drug-likeness (QED) is 0.617. The first-order valence-corrected chi connectivity index (χ1v) is 8.50. The number of carboxylic acid groups (broad SMARTS) is 1. The van der Waals surface area contributed by atoms with E-state index in [1.807, 2.05) is 0 Å². The van der Waals surface area contributed by atoms with Gasteiger partial charge in [0, 0.05) is 6.42 Å². The molecule has 0 aliphatic heterocycles. The molecule has 28 heavy (non-hydrogen) atoms. The molecule has 3 aromatic rings. The molecule has 0 radical (unpaired) electrons. The molecule has 0 aliphatic rings. The zero-order valence-electron chi connectivity index (χ0n) is 14.4. The van der Waals surface area contributed by atoms with E-state index in [2.05, 4.69) is 9.97 Å². The summed E-state index contributed by atoms with van der Waals surface area (Å²) in [5.41, 5.74) is 6.07. The molecular weight excluding hydrogens is 389 g/mol. The maximum atomic E-state index is 14.8. The van der Waals surface area contributed by atoms with E-state index in [0.717, 1.165) is 6.33 Å². The topological polar surface area (TPSA) is 108 Å². The molecular formula is C19H15ClFN3O4. The number of benzene rings is 2. The Hall–Kier alpha value is -3.23. The Balaban J connectivity index is 1.86. The van der Waals surface area contributed by atoms with Crippen LogP contribution in [0.1, 0.15) is 5.56 Å². The molecule has 0 aliphatic carbocycles. The molecule has 144 valence electrons. The monoisotopic (exact) mass is 403 g/mol. The van der Waals surface area contributed by atoms with Crippen LogP contribution in [0.2, 0.25) is 5.02 Å². The van der Waals surface area contributed by atoms with Crippen molar-refractivity contribution in [3.63, 3.8) is 0 Å². The second kappa shape index (κ2) is 8.64. The van der Waals surface area contributed by atoms with Gasteiger partial charge >= 0.3 is 5.97 Å². The van der Waals surface area contributed by atoms with Crippen molar-refractivity contribution in [2.75, 3.05) is 0 Å². The van der Waals surface area contributed by atoms with Crippen LogP contribution in [0.4, 0.5) is 4.39 Å². The zero-order valence-corrected chi connectivity index (χ0v) is 15.1. The van der Waals surface area contributed by atoms with Crippen molar-refractivity contribution in [1.29, 1.82) is 0 Å². The average molecular weight is 404 g/mol. The number of nitrogens with two attached hydrogens (primary N) is 1.